The second kappa shape index (κ2) is 5.46. The maximum absolute atomic E-state index is 12.1. The molecule has 0 fully saturated rings. The second-order valence-electron chi connectivity index (χ2n) is 4.44. The van der Waals surface area contributed by atoms with Crippen molar-refractivity contribution in [2.45, 2.75) is 19.9 Å². The van der Waals surface area contributed by atoms with Crippen LogP contribution in [-0.2, 0) is 4.79 Å². The maximum Gasteiger partial charge on any atom is 0.157 e. The van der Waals surface area contributed by atoms with E-state index in [0.29, 0.717) is 5.02 Å². The number of likely N-dealkylation sites (N-methyl/N-ethyl adjacent to an activating group) is 1. The molecule has 0 bridgehead atoms. The Labute approximate surface area is 102 Å². The first-order chi connectivity index (χ1) is 7.45. The largest absolute Gasteiger partial charge is 0.297 e. The number of nitrogens with zero attached hydrogens (tertiary/aromatic N) is 1. The van der Waals surface area contributed by atoms with Gasteiger partial charge in [0.2, 0.25) is 0 Å². The molecule has 1 aromatic carbocycles. The first-order valence-electron chi connectivity index (χ1n) is 5.39. The molecule has 16 heavy (non-hydrogen) atoms. The minimum atomic E-state index is -0.256. The van der Waals surface area contributed by atoms with Gasteiger partial charge >= 0.3 is 0 Å². The van der Waals surface area contributed by atoms with Crippen molar-refractivity contribution >= 4 is 17.4 Å². The number of benzene rings is 1. The molecule has 0 aromatic heterocycles. The number of halogens is 1. The lowest BCUT2D eigenvalue weighted by molar-refractivity contribution is -0.126. The highest BCUT2D eigenvalue weighted by Crippen LogP contribution is 2.28. The van der Waals surface area contributed by atoms with E-state index in [-0.39, 0.29) is 17.7 Å². The Morgan fingerprint density at radius 3 is 2.25 bits per heavy atom. The predicted octanol–water partition coefficient (Wildman–Crippen LogP) is 3.17. The number of hydrogen-bond donors (Lipinski definition) is 0. The van der Waals surface area contributed by atoms with Crippen LogP contribution in [0.25, 0.3) is 0 Å². The number of rotatable bonds is 4. The predicted molar refractivity (Wildman–Crippen MR) is 67.7 cm³/mol. The van der Waals surface area contributed by atoms with Gasteiger partial charge in [0.05, 0.1) is 6.04 Å². The third-order valence-electron chi connectivity index (χ3n) is 2.55. The molecule has 1 atom stereocenters. The fourth-order valence-electron chi connectivity index (χ4n) is 1.70. The Morgan fingerprint density at radius 1 is 1.25 bits per heavy atom. The minimum Gasteiger partial charge on any atom is -0.297 e. The van der Waals surface area contributed by atoms with Crippen LogP contribution in [0.1, 0.15) is 25.5 Å². The molecule has 0 N–H and O–H groups in total. The smallest absolute Gasteiger partial charge is 0.157 e. The monoisotopic (exact) mass is 239 g/mol. The van der Waals surface area contributed by atoms with Crippen molar-refractivity contribution in [3.63, 3.8) is 0 Å². The summed E-state index contributed by atoms with van der Waals surface area (Å²) in [6.45, 7) is 3.82. The minimum absolute atomic E-state index is 0.00340. The van der Waals surface area contributed by atoms with E-state index in [1.54, 1.807) is 0 Å². The zero-order chi connectivity index (χ0) is 12.3. The van der Waals surface area contributed by atoms with Crippen LogP contribution in [0, 0.1) is 5.92 Å². The third-order valence-corrected chi connectivity index (χ3v) is 2.90. The summed E-state index contributed by atoms with van der Waals surface area (Å²) in [6.07, 6.45) is 0. The van der Waals surface area contributed by atoms with E-state index in [0.717, 1.165) is 5.56 Å². The van der Waals surface area contributed by atoms with Gasteiger partial charge in [-0.15, -0.1) is 0 Å². The fraction of sp³-hybridized carbons (Fsp3) is 0.462. The van der Waals surface area contributed by atoms with Crippen molar-refractivity contribution in [1.82, 2.24) is 4.90 Å². The van der Waals surface area contributed by atoms with E-state index in [1.807, 2.05) is 57.1 Å². The highest BCUT2D eigenvalue weighted by atomic mass is 35.5. The van der Waals surface area contributed by atoms with E-state index < -0.39 is 0 Å². The van der Waals surface area contributed by atoms with Crippen LogP contribution >= 0.6 is 11.6 Å². The van der Waals surface area contributed by atoms with Crippen molar-refractivity contribution in [2.24, 2.45) is 5.92 Å². The average molecular weight is 240 g/mol. The van der Waals surface area contributed by atoms with Gasteiger partial charge in [-0.25, -0.2) is 0 Å². The molecule has 0 unspecified atom stereocenters. The van der Waals surface area contributed by atoms with Crippen molar-refractivity contribution in [2.75, 3.05) is 14.1 Å². The summed E-state index contributed by atoms with van der Waals surface area (Å²) in [6, 6.07) is 7.26. The number of hydrogen-bond acceptors (Lipinski definition) is 2. The zero-order valence-corrected chi connectivity index (χ0v) is 11.0. The Balaban J connectivity index is 3.13. The number of Topliss-reactive ketones (excluding diaryl/α,β-unsaturated/α-hetero) is 1. The molecule has 3 heteroatoms. The van der Waals surface area contributed by atoms with Gasteiger partial charge in [-0.2, -0.15) is 0 Å². The molecule has 0 aliphatic heterocycles. The summed E-state index contributed by atoms with van der Waals surface area (Å²) in [4.78, 5) is 14.0. The van der Waals surface area contributed by atoms with Crippen molar-refractivity contribution < 1.29 is 4.79 Å². The van der Waals surface area contributed by atoms with E-state index in [9.17, 15) is 4.79 Å². The van der Waals surface area contributed by atoms with Crippen molar-refractivity contribution in [1.29, 1.82) is 0 Å². The first kappa shape index (κ1) is 13.2. The Morgan fingerprint density at radius 2 is 1.81 bits per heavy atom. The topological polar surface area (TPSA) is 20.3 Å². The van der Waals surface area contributed by atoms with E-state index in [4.69, 9.17) is 11.6 Å². The molecule has 0 radical (unpaired) electrons. The highest BCUT2D eigenvalue weighted by molar-refractivity contribution is 6.31. The lowest BCUT2D eigenvalue weighted by Gasteiger charge is -2.25. The van der Waals surface area contributed by atoms with Gasteiger partial charge in [-0.1, -0.05) is 43.6 Å². The molecule has 1 rings (SSSR count). The van der Waals surface area contributed by atoms with Gasteiger partial charge in [-0.3, -0.25) is 9.69 Å². The van der Waals surface area contributed by atoms with Crippen LogP contribution in [-0.4, -0.2) is 24.8 Å². The maximum atomic E-state index is 12.1. The number of carbonyl (C=O) groups excluding carboxylic acids is 1. The van der Waals surface area contributed by atoms with E-state index in [1.165, 1.54) is 0 Å². The van der Waals surface area contributed by atoms with Gasteiger partial charge in [-0.05, 0) is 25.7 Å². The molecular weight excluding hydrogens is 222 g/mol. The zero-order valence-electron chi connectivity index (χ0n) is 10.2. The van der Waals surface area contributed by atoms with Gasteiger partial charge in [0.1, 0.15) is 0 Å². The molecule has 0 saturated heterocycles. The second-order valence-corrected chi connectivity index (χ2v) is 4.85. The SMILES string of the molecule is CC(C)C(=O)[C@@H](c1ccccc1Cl)N(C)C. The van der Waals surface area contributed by atoms with Crippen LogP contribution in [0.3, 0.4) is 0 Å². The fourth-order valence-corrected chi connectivity index (χ4v) is 1.94. The van der Waals surface area contributed by atoms with Gasteiger partial charge in [0.15, 0.2) is 5.78 Å². The third kappa shape index (κ3) is 2.83. The van der Waals surface area contributed by atoms with Crippen LogP contribution in [0.2, 0.25) is 5.02 Å². The van der Waals surface area contributed by atoms with E-state index >= 15 is 0 Å². The Bertz CT molecular complexity index is 374. The molecule has 0 aliphatic rings. The molecule has 1 aromatic rings. The quantitative estimate of drug-likeness (QED) is 0.805. The van der Waals surface area contributed by atoms with Crippen LogP contribution in [0.5, 0.6) is 0 Å². The van der Waals surface area contributed by atoms with Crippen LogP contribution in [0.4, 0.5) is 0 Å². The highest BCUT2D eigenvalue weighted by Gasteiger charge is 2.26. The molecule has 0 saturated carbocycles. The Hall–Kier alpha value is -0.860. The lowest BCUT2D eigenvalue weighted by Crippen LogP contribution is -2.30. The lowest BCUT2D eigenvalue weighted by atomic mass is 9.94. The van der Waals surface area contributed by atoms with Gasteiger partial charge < -0.3 is 0 Å². The molecule has 0 aliphatic carbocycles. The van der Waals surface area contributed by atoms with Crippen molar-refractivity contribution in [3.8, 4) is 0 Å². The summed E-state index contributed by atoms with van der Waals surface area (Å²) >= 11 is 6.13. The average Bonchev–Trinajstić information content (AvgIpc) is 2.20. The molecule has 2 nitrogen and oxygen atoms in total. The Kier molecular flexibility index (Phi) is 4.51. The number of ketones is 1. The van der Waals surface area contributed by atoms with Crippen LogP contribution < -0.4 is 0 Å². The first-order valence-corrected chi connectivity index (χ1v) is 5.77. The summed E-state index contributed by atoms with van der Waals surface area (Å²) in [5, 5.41) is 0.648. The molecule has 88 valence electrons. The number of carbonyl (C=O) groups is 1. The van der Waals surface area contributed by atoms with Gasteiger partial charge in [0.25, 0.3) is 0 Å². The van der Waals surface area contributed by atoms with E-state index in [2.05, 4.69) is 0 Å². The summed E-state index contributed by atoms with van der Waals surface area (Å²) < 4.78 is 0. The van der Waals surface area contributed by atoms with Gasteiger partial charge in [0, 0.05) is 10.9 Å². The standard InChI is InChI=1S/C13H18ClNO/c1-9(2)13(16)12(15(3)4)10-7-5-6-8-11(10)14/h5-9,12H,1-4H3/t12-/m1/s1. The molecule has 0 heterocycles. The molecule has 0 amide bonds. The summed E-state index contributed by atoms with van der Waals surface area (Å²) in [5.74, 6) is 0.196. The normalized spacial score (nSPS) is 13.2. The van der Waals surface area contributed by atoms with Crippen molar-refractivity contribution in [3.05, 3.63) is 34.9 Å². The summed E-state index contributed by atoms with van der Waals surface area (Å²) in [5.41, 5.74) is 0.882. The van der Waals surface area contributed by atoms with Crippen LogP contribution in [0.15, 0.2) is 24.3 Å². The molecule has 0 spiro atoms. The molecular formula is C13H18ClNO. The summed E-state index contributed by atoms with van der Waals surface area (Å²) in [7, 11) is 3.79.